The van der Waals surface area contributed by atoms with Crippen LogP contribution in [-0.4, -0.2) is 16.3 Å². The maximum atomic E-state index is 12.1. The maximum Gasteiger partial charge on any atom is 0.151 e. The molecular formula is C11H20OS. The van der Waals surface area contributed by atoms with Gasteiger partial charge >= 0.3 is 0 Å². The third-order valence-electron chi connectivity index (χ3n) is 3.15. The quantitative estimate of drug-likeness (QED) is 0.696. The summed E-state index contributed by atoms with van der Waals surface area (Å²) in [4.78, 5) is 12.1. The molecule has 1 saturated heterocycles. The van der Waals surface area contributed by atoms with E-state index in [4.69, 9.17) is 0 Å². The molecule has 1 aliphatic heterocycles. The summed E-state index contributed by atoms with van der Waals surface area (Å²) < 4.78 is -0.0658. The van der Waals surface area contributed by atoms with E-state index in [0.29, 0.717) is 11.7 Å². The minimum atomic E-state index is -0.0658. The standard InChI is InChI=1S/C11H20OS/c1-8(2)9(3)10(12)11(4)6-5-7-13-11/h8-9H,5-7H2,1-4H3. The molecule has 2 unspecified atom stereocenters. The molecule has 1 fully saturated rings. The van der Waals surface area contributed by atoms with E-state index in [0.717, 1.165) is 12.2 Å². The molecule has 2 heteroatoms. The number of Topliss-reactive ketones (excluding diaryl/α,β-unsaturated/α-hetero) is 1. The molecule has 76 valence electrons. The molecule has 0 N–H and O–H groups in total. The molecular weight excluding hydrogens is 180 g/mol. The third kappa shape index (κ3) is 2.28. The van der Waals surface area contributed by atoms with Crippen molar-refractivity contribution < 1.29 is 4.79 Å². The Morgan fingerprint density at radius 1 is 1.38 bits per heavy atom. The Kier molecular flexibility index (Phi) is 3.44. The summed E-state index contributed by atoms with van der Waals surface area (Å²) in [6, 6.07) is 0. The fourth-order valence-electron chi connectivity index (χ4n) is 1.76. The van der Waals surface area contributed by atoms with Crippen molar-refractivity contribution >= 4 is 17.5 Å². The van der Waals surface area contributed by atoms with Crippen LogP contribution in [0.25, 0.3) is 0 Å². The first-order chi connectivity index (χ1) is 5.97. The van der Waals surface area contributed by atoms with Gasteiger partial charge in [0.2, 0.25) is 0 Å². The summed E-state index contributed by atoms with van der Waals surface area (Å²) in [5, 5.41) is 0. The van der Waals surface area contributed by atoms with E-state index in [1.165, 1.54) is 6.42 Å². The molecule has 2 atom stereocenters. The van der Waals surface area contributed by atoms with E-state index in [2.05, 4.69) is 27.7 Å². The van der Waals surface area contributed by atoms with Gasteiger partial charge in [-0.2, -0.15) is 0 Å². The van der Waals surface area contributed by atoms with Gasteiger partial charge in [0.1, 0.15) is 0 Å². The summed E-state index contributed by atoms with van der Waals surface area (Å²) in [6.07, 6.45) is 2.28. The highest BCUT2D eigenvalue weighted by atomic mass is 32.2. The average molecular weight is 200 g/mol. The molecule has 1 heterocycles. The van der Waals surface area contributed by atoms with Gasteiger partial charge in [0.05, 0.1) is 4.75 Å². The molecule has 0 aromatic heterocycles. The number of carbonyl (C=O) groups excluding carboxylic acids is 1. The van der Waals surface area contributed by atoms with Crippen LogP contribution in [0.15, 0.2) is 0 Å². The highest BCUT2D eigenvalue weighted by Crippen LogP contribution is 2.40. The highest BCUT2D eigenvalue weighted by Gasteiger charge is 2.39. The number of carbonyl (C=O) groups is 1. The molecule has 0 radical (unpaired) electrons. The number of hydrogen-bond donors (Lipinski definition) is 0. The normalized spacial score (nSPS) is 30.8. The smallest absolute Gasteiger partial charge is 0.151 e. The molecule has 1 rings (SSSR count). The summed E-state index contributed by atoms with van der Waals surface area (Å²) in [5.74, 6) is 2.32. The lowest BCUT2D eigenvalue weighted by atomic mass is 9.85. The lowest BCUT2D eigenvalue weighted by molar-refractivity contribution is -0.125. The lowest BCUT2D eigenvalue weighted by Gasteiger charge is -2.26. The number of thioether (sulfide) groups is 1. The van der Waals surface area contributed by atoms with Crippen molar-refractivity contribution in [3.8, 4) is 0 Å². The van der Waals surface area contributed by atoms with Gasteiger partial charge in [-0.05, 0) is 31.4 Å². The van der Waals surface area contributed by atoms with Gasteiger partial charge in [0.15, 0.2) is 5.78 Å². The van der Waals surface area contributed by atoms with Gasteiger partial charge in [0, 0.05) is 5.92 Å². The summed E-state index contributed by atoms with van der Waals surface area (Å²) in [5.41, 5.74) is 0. The number of rotatable bonds is 3. The summed E-state index contributed by atoms with van der Waals surface area (Å²) in [7, 11) is 0. The average Bonchev–Trinajstić information content (AvgIpc) is 2.50. The van der Waals surface area contributed by atoms with Crippen molar-refractivity contribution in [3.63, 3.8) is 0 Å². The van der Waals surface area contributed by atoms with Crippen LogP contribution in [0.4, 0.5) is 0 Å². The van der Waals surface area contributed by atoms with E-state index in [1.54, 1.807) is 0 Å². The van der Waals surface area contributed by atoms with Gasteiger partial charge in [-0.15, -0.1) is 11.8 Å². The first-order valence-corrected chi connectivity index (χ1v) is 6.14. The molecule has 0 amide bonds. The Hall–Kier alpha value is 0.0200. The first kappa shape index (κ1) is 11.1. The van der Waals surface area contributed by atoms with Crippen LogP contribution in [0, 0.1) is 11.8 Å². The van der Waals surface area contributed by atoms with Gasteiger partial charge < -0.3 is 0 Å². The van der Waals surface area contributed by atoms with Gasteiger partial charge in [-0.3, -0.25) is 4.79 Å². The largest absolute Gasteiger partial charge is 0.298 e. The Labute approximate surface area is 85.7 Å². The first-order valence-electron chi connectivity index (χ1n) is 5.15. The van der Waals surface area contributed by atoms with Crippen molar-refractivity contribution in [2.75, 3.05) is 5.75 Å². The molecule has 13 heavy (non-hydrogen) atoms. The van der Waals surface area contributed by atoms with Gasteiger partial charge in [0.25, 0.3) is 0 Å². The molecule has 0 aromatic rings. The Bertz CT molecular complexity index is 192. The van der Waals surface area contributed by atoms with E-state index in [9.17, 15) is 4.79 Å². The minimum Gasteiger partial charge on any atom is -0.298 e. The van der Waals surface area contributed by atoms with E-state index < -0.39 is 0 Å². The fraction of sp³-hybridized carbons (Fsp3) is 0.909. The highest BCUT2D eigenvalue weighted by molar-refractivity contribution is 8.01. The zero-order valence-corrected chi connectivity index (χ0v) is 9.91. The van der Waals surface area contributed by atoms with Crippen LogP contribution in [-0.2, 0) is 4.79 Å². The number of ketones is 1. The lowest BCUT2D eigenvalue weighted by Crippen LogP contribution is -2.35. The van der Waals surface area contributed by atoms with Gasteiger partial charge in [-0.1, -0.05) is 20.8 Å². The minimum absolute atomic E-state index is 0.0658. The van der Waals surface area contributed by atoms with E-state index in [1.807, 2.05) is 11.8 Å². The van der Waals surface area contributed by atoms with Crippen LogP contribution in [0.5, 0.6) is 0 Å². The summed E-state index contributed by atoms with van der Waals surface area (Å²) >= 11 is 1.85. The molecule has 1 nitrogen and oxygen atoms in total. The molecule has 0 saturated carbocycles. The van der Waals surface area contributed by atoms with Crippen LogP contribution < -0.4 is 0 Å². The van der Waals surface area contributed by atoms with Crippen LogP contribution >= 0.6 is 11.8 Å². The maximum absolute atomic E-state index is 12.1. The topological polar surface area (TPSA) is 17.1 Å². The zero-order chi connectivity index (χ0) is 10.1. The van der Waals surface area contributed by atoms with Gasteiger partial charge in [-0.25, -0.2) is 0 Å². The van der Waals surface area contributed by atoms with Crippen molar-refractivity contribution in [3.05, 3.63) is 0 Å². The van der Waals surface area contributed by atoms with Crippen LogP contribution in [0.1, 0.15) is 40.5 Å². The molecule has 0 spiro atoms. The van der Waals surface area contributed by atoms with E-state index in [-0.39, 0.29) is 10.7 Å². The third-order valence-corrected chi connectivity index (χ3v) is 4.69. The molecule has 1 aliphatic rings. The zero-order valence-electron chi connectivity index (χ0n) is 9.09. The predicted octanol–water partition coefficient (Wildman–Crippen LogP) is 3.13. The predicted molar refractivity (Wildman–Crippen MR) is 59.1 cm³/mol. The SMILES string of the molecule is CC(C)C(C)C(=O)C1(C)CCCS1. The van der Waals surface area contributed by atoms with Crippen LogP contribution in [0.3, 0.4) is 0 Å². The number of hydrogen-bond acceptors (Lipinski definition) is 2. The second kappa shape index (κ2) is 4.04. The van der Waals surface area contributed by atoms with E-state index >= 15 is 0 Å². The summed E-state index contributed by atoms with van der Waals surface area (Å²) in [6.45, 7) is 8.44. The monoisotopic (exact) mass is 200 g/mol. The molecule has 0 aliphatic carbocycles. The Balaban J connectivity index is 2.65. The molecule has 0 aromatic carbocycles. The van der Waals surface area contributed by atoms with Crippen molar-refractivity contribution in [1.82, 2.24) is 0 Å². The van der Waals surface area contributed by atoms with Crippen molar-refractivity contribution in [2.45, 2.75) is 45.3 Å². The fourth-order valence-corrected chi connectivity index (χ4v) is 3.11. The Morgan fingerprint density at radius 3 is 2.38 bits per heavy atom. The van der Waals surface area contributed by atoms with Crippen molar-refractivity contribution in [2.24, 2.45) is 11.8 Å². The Morgan fingerprint density at radius 2 is 2.00 bits per heavy atom. The second-order valence-corrected chi connectivity index (χ2v) is 6.18. The van der Waals surface area contributed by atoms with Crippen molar-refractivity contribution in [1.29, 1.82) is 0 Å². The van der Waals surface area contributed by atoms with Crippen LogP contribution in [0.2, 0.25) is 0 Å². The molecule has 0 bridgehead atoms. The second-order valence-electron chi connectivity index (χ2n) is 4.58.